The van der Waals surface area contributed by atoms with Gasteiger partial charge in [-0.15, -0.1) is 0 Å². The fourth-order valence-electron chi connectivity index (χ4n) is 4.06. The molecule has 2 N–H and O–H groups in total. The number of aliphatic carboxylic acids is 1. The third-order valence-electron chi connectivity index (χ3n) is 6.42. The van der Waals surface area contributed by atoms with E-state index < -0.39 is 23.1 Å². The Labute approximate surface area is 212 Å². The molecule has 0 aliphatic carbocycles. The van der Waals surface area contributed by atoms with Gasteiger partial charge in [-0.25, -0.2) is 4.79 Å². The van der Waals surface area contributed by atoms with E-state index in [1.807, 2.05) is 12.1 Å². The summed E-state index contributed by atoms with van der Waals surface area (Å²) in [5.41, 5.74) is 1.92. The summed E-state index contributed by atoms with van der Waals surface area (Å²) in [4.78, 5) is 50.3. The second-order valence-electron chi connectivity index (χ2n) is 8.80. The van der Waals surface area contributed by atoms with Crippen molar-refractivity contribution in [2.45, 2.75) is 25.9 Å². The van der Waals surface area contributed by atoms with Crippen molar-refractivity contribution >= 4 is 22.8 Å². The summed E-state index contributed by atoms with van der Waals surface area (Å²) in [6.07, 6.45) is 0. The van der Waals surface area contributed by atoms with E-state index in [1.54, 1.807) is 69.6 Å². The summed E-state index contributed by atoms with van der Waals surface area (Å²) in [5.74, 6) is -1.23. The van der Waals surface area contributed by atoms with Gasteiger partial charge in [-0.05, 0) is 53.9 Å². The van der Waals surface area contributed by atoms with Crippen molar-refractivity contribution in [1.29, 1.82) is 0 Å². The van der Waals surface area contributed by atoms with E-state index in [1.165, 1.54) is 10.6 Å². The molecule has 190 valence electrons. The summed E-state index contributed by atoms with van der Waals surface area (Å²) in [7, 11) is 3.15. The Morgan fingerprint density at radius 1 is 0.973 bits per heavy atom. The maximum Gasteiger partial charge on any atom is 0.331 e. The molecule has 0 saturated carbocycles. The Morgan fingerprint density at radius 2 is 1.62 bits per heavy atom. The topological polar surface area (TPSA) is 120 Å². The second-order valence-corrected chi connectivity index (χ2v) is 8.80. The summed E-state index contributed by atoms with van der Waals surface area (Å²) in [5, 5.41) is 12.3. The highest BCUT2D eigenvalue weighted by molar-refractivity contribution is 5.97. The van der Waals surface area contributed by atoms with Crippen molar-refractivity contribution in [3.63, 3.8) is 0 Å². The molecule has 3 aromatic carbocycles. The lowest BCUT2D eigenvalue weighted by Crippen LogP contribution is -2.39. The number of aryl methyl sites for hydroxylation is 1. The first kappa shape index (κ1) is 25.4. The van der Waals surface area contributed by atoms with Crippen LogP contribution in [0.5, 0.6) is 5.75 Å². The minimum Gasteiger partial charge on any atom is -0.497 e. The van der Waals surface area contributed by atoms with Crippen LogP contribution in [0.3, 0.4) is 0 Å². The van der Waals surface area contributed by atoms with Gasteiger partial charge in [-0.1, -0.05) is 36.4 Å². The summed E-state index contributed by atoms with van der Waals surface area (Å²) in [6.45, 7) is 1.90. The van der Waals surface area contributed by atoms with Crippen LogP contribution in [0.15, 0.2) is 76.3 Å². The molecule has 9 heteroatoms. The number of benzene rings is 3. The molecular formula is C28H27N3O6. The van der Waals surface area contributed by atoms with Crippen LogP contribution in [0, 0.1) is 0 Å². The Hall–Kier alpha value is -4.66. The summed E-state index contributed by atoms with van der Waals surface area (Å²) < 4.78 is 7.62. The number of hydrogen-bond acceptors (Lipinski definition) is 5. The lowest BCUT2D eigenvalue weighted by molar-refractivity contribution is -0.138. The van der Waals surface area contributed by atoms with Crippen LogP contribution in [0.1, 0.15) is 39.9 Å². The molecule has 0 fully saturated rings. The monoisotopic (exact) mass is 501 g/mol. The highest BCUT2D eigenvalue weighted by Crippen LogP contribution is 2.17. The number of amides is 1. The molecule has 9 nitrogen and oxygen atoms in total. The zero-order chi connectivity index (χ0) is 26.7. The van der Waals surface area contributed by atoms with E-state index in [9.17, 15) is 24.3 Å². The van der Waals surface area contributed by atoms with Crippen LogP contribution in [0.2, 0.25) is 0 Å². The molecule has 0 bridgehead atoms. The summed E-state index contributed by atoms with van der Waals surface area (Å²) in [6, 6.07) is 18.7. The number of carboxylic acids is 1. The average Bonchev–Trinajstić information content (AvgIpc) is 2.92. The van der Waals surface area contributed by atoms with E-state index >= 15 is 0 Å². The fourth-order valence-corrected chi connectivity index (χ4v) is 4.06. The molecule has 1 amide bonds. The van der Waals surface area contributed by atoms with Crippen molar-refractivity contribution in [1.82, 2.24) is 14.5 Å². The predicted octanol–water partition coefficient (Wildman–Crippen LogP) is 2.88. The van der Waals surface area contributed by atoms with Gasteiger partial charge in [-0.2, -0.15) is 0 Å². The molecule has 1 heterocycles. The van der Waals surface area contributed by atoms with Gasteiger partial charge in [-0.3, -0.25) is 23.5 Å². The van der Waals surface area contributed by atoms with Gasteiger partial charge in [0.25, 0.3) is 11.5 Å². The number of ether oxygens (including phenoxy) is 1. The standard InChI is InChI=1S/C28H27N3O6/c1-17(27(34)35)20-8-4-19(5-9-20)16-31-26(33)23-14-21(10-13-24(23)30(2)28(31)36)25(32)29-15-18-6-11-22(37-3)12-7-18/h4-14,17H,15-16H2,1-3H3,(H,29,32)(H,34,35). The van der Waals surface area contributed by atoms with Crippen LogP contribution in [-0.4, -0.2) is 33.2 Å². The molecule has 0 spiro atoms. The maximum absolute atomic E-state index is 13.3. The number of fused-ring (bicyclic) bond motifs is 1. The first-order valence-corrected chi connectivity index (χ1v) is 11.7. The molecule has 0 saturated heterocycles. The number of nitrogens with one attached hydrogen (secondary N) is 1. The maximum atomic E-state index is 13.3. The number of nitrogens with zero attached hydrogens (tertiary/aromatic N) is 2. The molecule has 1 unspecified atom stereocenters. The molecule has 4 rings (SSSR count). The quantitative estimate of drug-likeness (QED) is 0.383. The molecule has 0 radical (unpaired) electrons. The molecular weight excluding hydrogens is 474 g/mol. The lowest BCUT2D eigenvalue weighted by atomic mass is 10.00. The normalized spacial score (nSPS) is 11.8. The highest BCUT2D eigenvalue weighted by Gasteiger charge is 2.16. The predicted molar refractivity (Wildman–Crippen MR) is 139 cm³/mol. The second kappa shape index (κ2) is 10.5. The Kier molecular flexibility index (Phi) is 7.24. The van der Waals surface area contributed by atoms with Crippen molar-refractivity contribution in [3.8, 4) is 5.75 Å². The molecule has 0 aliphatic heterocycles. The number of methoxy groups -OCH3 is 1. The van der Waals surface area contributed by atoms with Crippen LogP contribution in [-0.2, 0) is 24.9 Å². The zero-order valence-electron chi connectivity index (χ0n) is 20.7. The van der Waals surface area contributed by atoms with Crippen LogP contribution >= 0.6 is 0 Å². The van der Waals surface area contributed by atoms with E-state index in [2.05, 4.69) is 5.32 Å². The van der Waals surface area contributed by atoms with Gasteiger partial charge in [0, 0.05) is 19.2 Å². The van der Waals surface area contributed by atoms with Gasteiger partial charge in [0.05, 0.1) is 30.5 Å². The molecule has 37 heavy (non-hydrogen) atoms. The average molecular weight is 502 g/mol. The zero-order valence-corrected chi connectivity index (χ0v) is 20.7. The van der Waals surface area contributed by atoms with Gasteiger partial charge in [0.2, 0.25) is 0 Å². The van der Waals surface area contributed by atoms with E-state index in [-0.39, 0.29) is 17.8 Å². The van der Waals surface area contributed by atoms with Crippen molar-refractivity contribution in [2.75, 3.05) is 7.11 Å². The van der Waals surface area contributed by atoms with E-state index in [0.29, 0.717) is 28.8 Å². The van der Waals surface area contributed by atoms with Crippen molar-refractivity contribution in [3.05, 3.63) is 110 Å². The van der Waals surface area contributed by atoms with Crippen molar-refractivity contribution < 1.29 is 19.4 Å². The molecule has 1 aromatic heterocycles. The Morgan fingerprint density at radius 3 is 2.24 bits per heavy atom. The Bertz CT molecular complexity index is 1580. The fraction of sp³-hybridized carbons (Fsp3) is 0.214. The molecule has 4 aromatic rings. The van der Waals surface area contributed by atoms with Crippen LogP contribution in [0.4, 0.5) is 0 Å². The number of carbonyl (C=O) groups excluding carboxylic acids is 1. The van der Waals surface area contributed by atoms with Gasteiger partial charge in [0.15, 0.2) is 0 Å². The third-order valence-corrected chi connectivity index (χ3v) is 6.42. The van der Waals surface area contributed by atoms with E-state index in [4.69, 9.17) is 4.74 Å². The number of carbonyl (C=O) groups is 2. The minimum absolute atomic E-state index is 0.0110. The number of aromatic nitrogens is 2. The van der Waals surface area contributed by atoms with Gasteiger partial charge < -0.3 is 15.2 Å². The van der Waals surface area contributed by atoms with Gasteiger partial charge in [0.1, 0.15) is 5.75 Å². The first-order chi connectivity index (χ1) is 17.7. The first-order valence-electron chi connectivity index (χ1n) is 11.7. The number of hydrogen-bond donors (Lipinski definition) is 2. The largest absolute Gasteiger partial charge is 0.497 e. The molecule has 0 aliphatic rings. The number of carboxylic acid groups (broad SMARTS) is 1. The Balaban J connectivity index is 1.61. The highest BCUT2D eigenvalue weighted by atomic mass is 16.5. The SMILES string of the molecule is COc1ccc(CNC(=O)c2ccc3c(c2)c(=O)n(Cc2ccc(C(C)C(=O)O)cc2)c(=O)n3C)cc1. The van der Waals surface area contributed by atoms with Crippen LogP contribution < -0.4 is 21.3 Å². The molecule has 1 atom stereocenters. The third kappa shape index (κ3) is 5.30. The van der Waals surface area contributed by atoms with Crippen molar-refractivity contribution in [2.24, 2.45) is 7.05 Å². The van der Waals surface area contributed by atoms with E-state index in [0.717, 1.165) is 15.9 Å². The lowest BCUT2D eigenvalue weighted by Gasteiger charge is -2.13. The summed E-state index contributed by atoms with van der Waals surface area (Å²) >= 11 is 0. The number of rotatable bonds is 8. The van der Waals surface area contributed by atoms with Crippen LogP contribution in [0.25, 0.3) is 10.9 Å². The smallest absolute Gasteiger partial charge is 0.331 e. The minimum atomic E-state index is -0.934. The van der Waals surface area contributed by atoms with Gasteiger partial charge >= 0.3 is 11.7 Å².